The Kier molecular flexibility index (Phi) is 3.94. The highest BCUT2D eigenvalue weighted by Crippen LogP contribution is 2.38. The second-order valence-electron chi connectivity index (χ2n) is 5.23. The zero-order valence-electron chi connectivity index (χ0n) is 10.5. The molecule has 0 radical (unpaired) electrons. The number of hydrogen-bond acceptors (Lipinski definition) is 2. The van der Waals surface area contributed by atoms with Gasteiger partial charge in [-0.3, -0.25) is 4.79 Å². The van der Waals surface area contributed by atoms with E-state index in [2.05, 4.69) is 56.6 Å². The molecule has 1 aliphatic carbocycles. The average Bonchev–Trinajstić information content (AvgIpc) is 2.57. The number of nitrogens with one attached hydrogen (secondary N) is 1. The molecular weight excluding hydrogens is 468 g/mol. The van der Waals surface area contributed by atoms with Gasteiger partial charge in [-0.1, -0.05) is 12.8 Å². The number of carbonyl (C=O) groups excluding carboxylic acids is 1. The highest BCUT2D eigenvalue weighted by atomic mass is 127. The first-order chi connectivity index (χ1) is 9.10. The van der Waals surface area contributed by atoms with Gasteiger partial charge in [0, 0.05) is 16.4 Å². The minimum Gasteiger partial charge on any atom is -0.466 e. The highest BCUT2D eigenvalue weighted by Gasteiger charge is 2.40. The van der Waals surface area contributed by atoms with Crippen molar-refractivity contribution < 1.29 is 9.53 Å². The summed E-state index contributed by atoms with van der Waals surface area (Å²) in [6.45, 7) is 0. The van der Waals surface area contributed by atoms with Crippen LogP contribution in [0.1, 0.15) is 48.9 Å². The Bertz CT molecular complexity index is 522. The van der Waals surface area contributed by atoms with E-state index in [0.717, 1.165) is 38.6 Å². The Balaban J connectivity index is 2.01. The third-order valence-electron chi connectivity index (χ3n) is 3.80. The predicted molar refractivity (Wildman–Crippen MR) is 90.4 cm³/mol. The van der Waals surface area contributed by atoms with Gasteiger partial charge in [0.1, 0.15) is 5.75 Å². The summed E-state index contributed by atoms with van der Waals surface area (Å²) in [6.07, 6.45) is 6.54. The van der Waals surface area contributed by atoms with Crippen molar-refractivity contribution in [1.29, 1.82) is 0 Å². The first-order valence-electron chi connectivity index (χ1n) is 6.60. The number of amides is 1. The topological polar surface area (TPSA) is 38.3 Å². The van der Waals surface area contributed by atoms with Crippen molar-refractivity contribution in [2.75, 3.05) is 0 Å². The van der Waals surface area contributed by atoms with E-state index >= 15 is 0 Å². The zero-order valence-corrected chi connectivity index (χ0v) is 14.8. The van der Waals surface area contributed by atoms with E-state index in [1.54, 1.807) is 0 Å². The van der Waals surface area contributed by atoms with Crippen LogP contribution >= 0.6 is 45.2 Å². The van der Waals surface area contributed by atoms with Crippen molar-refractivity contribution in [1.82, 2.24) is 5.32 Å². The van der Waals surface area contributed by atoms with Gasteiger partial charge in [-0.2, -0.15) is 0 Å². The van der Waals surface area contributed by atoms with Crippen LogP contribution in [0.3, 0.4) is 0 Å². The molecule has 5 heteroatoms. The summed E-state index contributed by atoms with van der Waals surface area (Å²) in [5.41, 5.74) is 0.207. The van der Waals surface area contributed by atoms with E-state index in [0.29, 0.717) is 5.56 Å². The lowest BCUT2D eigenvalue weighted by atomic mass is 10.00. The lowest BCUT2D eigenvalue weighted by Gasteiger charge is -2.39. The normalized spacial score (nSPS) is 21.3. The van der Waals surface area contributed by atoms with Crippen LogP contribution < -0.4 is 10.1 Å². The van der Waals surface area contributed by atoms with Crippen LogP contribution in [0.25, 0.3) is 0 Å². The maximum Gasteiger partial charge on any atom is 0.258 e. The molecule has 0 aromatic heterocycles. The van der Waals surface area contributed by atoms with E-state index in [4.69, 9.17) is 4.74 Å². The van der Waals surface area contributed by atoms with E-state index in [1.807, 2.05) is 6.07 Å². The van der Waals surface area contributed by atoms with Crippen molar-refractivity contribution in [3.63, 3.8) is 0 Å². The number of benzene rings is 1. The maximum absolute atomic E-state index is 12.4. The minimum absolute atomic E-state index is 0.0135. The summed E-state index contributed by atoms with van der Waals surface area (Å²) in [7, 11) is 0. The molecule has 1 amide bonds. The van der Waals surface area contributed by atoms with Gasteiger partial charge >= 0.3 is 0 Å². The molecule has 1 saturated carbocycles. The van der Waals surface area contributed by atoms with E-state index < -0.39 is 5.72 Å². The Morgan fingerprint density at radius 1 is 1.11 bits per heavy atom. The molecule has 19 heavy (non-hydrogen) atoms. The van der Waals surface area contributed by atoms with Crippen LogP contribution in [0.5, 0.6) is 5.75 Å². The quantitative estimate of drug-likeness (QED) is 0.566. The maximum atomic E-state index is 12.4. The van der Waals surface area contributed by atoms with Crippen LogP contribution in [-0.4, -0.2) is 11.6 Å². The molecule has 1 fully saturated rings. The molecule has 0 saturated heterocycles. The van der Waals surface area contributed by atoms with Gasteiger partial charge in [-0.05, 0) is 70.2 Å². The smallest absolute Gasteiger partial charge is 0.258 e. The summed E-state index contributed by atoms with van der Waals surface area (Å²) in [6, 6.07) is 3.96. The first kappa shape index (κ1) is 13.9. The van der Waals surface area contributed by atoms with Gasteiger partial charge < -0.3 is 10.1 Å². The molecule has 1 aromatic rings. The summed E-state index contributed by atoms with van der Waals surface area (Å²) < 4.78 is 8.35. The fourth-order valence-electron chi connectivity index (χ4n) is 2.85. The van der Waals surface area contributed by atoms with Crippen molar-refractivity contribution in [3.05, 3.63) is 24.8 Å². The van der Waals surface area contributed by atoms with E-state index in [9.17, 15) is 4.79 Å². The standard InChI is InChI=1S/C14H15I2NO2/c15-9-7-10-12(11(16)8-9)19-14(17-13(10)18)5-3-1-2-4-6-14/h7-8H,1-6H2,(H,17,18). The second-order valence-corrected chi connectivity index (χ2v) is 7.64. The lowest BCUT2D eigenvalue weighted by molar-refractivity contribution is 0.00655. The fourth-order valence-corrected chi connectivity index (χ4v) is 4.81. The molecule has 2 aliphatic rings. The van der Waals surface area contributed by atoms with Crippen LogP contribution in [0.15, 0.2) is 12.1 Å². The molecule has 1 N–H and O–H groups in total. The van der Waals surface area contributed by atoms with Crippen molar-refractivity contribution in [2.24, 2.45) is 0 Å². The molecule has 102 valence electrons. The Morgan fingerprint density at radius 2 is 1.79 bits per heavy atom. The Hall–Kier alpha value is -0.0500. The highest BCUT2D eigenvalue weighted by molar-refractivity contribution is 14.1. The number of carbonyl (C=O) groups is 1. The van der Waals surface area contributed by atoms with Crippen molar-refractivity contribution in [2.45, 2.75) is 44.2 Å². The molecule has 0 bridgehead atoms. The molecule has 1 aliphatic heterocycles. The predicted octanol–water partition coefficient (Wildman–Crippen LogP) is 4.07. The minimum atomic E-state index is -0.465. The van der Waals surface area contributed by atoms with Crippen LogP contribution in [0.2, 0.25) is 0 Å². The van der Waals surface area contributed by atoms with Crippen LogP contribution in [-0.2, 0) is 0 Å². The summed E-state index contributed by atoms with van der Waals surface area (Å²) in [4.78, 5) is 12.4. The first-order valence-corrected chi connectivity index (χ1v) is 8.76. The van der Waals surface area contributed by atoms with Gasteiger partial charge in [0.15, 0.2) is 5.72 Å². The third-order valence-corrected chi connectivity index (χ3v) is 5.23. The SMILES string of the molecule is O=C1NC2(CCCCCC2)Oc2c(I)cc(I)cc21. The van der Waals surface area contributed by atoms with Crippen molar-refractivity contribution in [3.8, 4) is 5.75 Å². The number of halogens is 2. The van der Waals surface area contributed by atoms with Gasteiger partial charge in [0.25, 0.3) is 5.91 Å². The number of hydrogen-bond donors (Lipinski definition) is 1. The van der Waals surface area contributed by atoms with Crippen LogP contribution in [0.4, 0.5) is 0 Å². The van der Waals surface area contributed by atoms with Gasteiger partial charge in [0.05, 0.1) is 9.13 Å². The Morgan fingerprint density at radius 3 is 2.47 bits per heavy atom. The largest absolute Gasteiger partial charge is 0.466 e. The van der Waals surface area contributed by atoms with E-state index in [1.165, 1.54) is 12.8 Å². The lowest BCUT2D eigenvalue weighted by Crippen LogP contribution is -2.55. The zero-order chi connectivity index (χ0) is 13.5. The number of rotatable bonds is 0. The van der Waals surface area contributed by atoms with E-state index in [-0.39, 0.29) is 5.91 Å². The second kappa shape index (κ2) is 5.38. The number of ether oxygens (including phenoxy) is 1. The third kappa shape index (κ3) is 2.72. The van der Waals surface area contributed by atoms with Gasteiger partial charge in [0.2, 0.25) is 0 Å². The summed E-state index contributed by atoms with van der Waals surface area (Å²) >= 11 is 4.49. The van der Waals surface area contributed by atoms with Crippen molar-refractivity contribution >= 4 is 51.1 Å². The summed E-state index contributed by atoms with van der Waals surface area (Å²) in [5, 5.41) is 3.11. The molecule has 1 heterocycles. The average molecular weight is 483 g/mol. The van der Waals surface area contributed by atoms with Crippen LogP contribution in [0, 0.1) is 7.14 Å². The summed E-state index contributed by atoms with van der Waals surface area (Å²) in [5.74, 6) is 0.784. The molecule has 3 nitrogen and oxygen atoms in total. The molecule has 0 unspecified atom stereocenters. The van der Waals surface area contributed by atoms with Gasteiger partial charge in [-0.15, -0.1) is 0 Å². The fraction of sp³-hybridized carbons (Fsp3) is 0.500. The number of fused-ring (bicyclic) bond motifs is 1. The molecule has 3 rings (SSSR count). The Labute approximate surface area is 140 Å². The molecule has 0 atom stereocenters. The molecule has 1 spiro atoms. The monoisotopic (exact) mass is 483 g/mol. The van der Waals surface area contributed by atoms with Gasteiger partial charge in [-0.25, -0.2) is 0 Å². The molecule has 1 aromatic carbocycles. The molecular formula is C14H15I2NO2.